The Morgan fingerprint density at radius 3 is 2.57 bits per heavy atom. The standard InChI is InChI=1S/C22H18ClN5O2/c1-13(27-21(29)19-20(24)26-11-10-25-19)17-12-14-6-5-9-16(23)18(14)22(30)28(17)15-7-3-2-4-8-15/h2-13H,1H3,(H2,24,26)(H,27,29)/t13-/m0/s1. The lowest BCUT2D eigenvalue weighted by atomic mass is 10.1. The Labute approximate surface area is 177 Å². The van der Waals surface area contributed by atoms with Crippen molar-refractivity contribution in [2.24, 2.45) is 0 Å². The van der Waals surface area contributed by atoms with Crippen LogP contribution in [0.1, 0.15) is 29.1 Å². The van der Waals surface area contributed by atoms with Crippen LogP contribution in [0.4, 0.5) is 5.82 Å². The number of pyridine rings is 1. The molecule has 4 rings (SSSR count). The van der Waals surface area contributed by atoms with E-state index in [-0.39, 0.29) is 17.1 Å². The fraction of sp³-hybridized carbons (Fsp3) is 0.0909. The van der Waals surface area contributed by atoms with Crippen molar-refractivity contribution in [3.05, 3.63) is 93.8 Å². The molecule has 0 saturated heterocycles. The molecular weight excluding hydrogens is 402 g/mol. The molecule has 3 N–H and O–H groups in total. The van der Waals surface area contributed by atoms with E-state index in [0.717, 1.165) is 0 Å². The number of halogens is 1. The largest absolute Gasteiger partial charge is 0.382 e. The van der Waals surface area contributed by atoms with Crippen LogP contribution in [-0.2, 0) is 0 Å². The summed E-state index contributed by atoms with van der Waals surface area (Å²) in [5, 5.41) is 4.34. The second-order valence-electron chi connectivity index (χ2n) is 6.73. The van der Waals surface area contributed by atoms with Crippen molar-refractivity contribution in [3.8, 4) is 5.69 Å². The molecule has 0 radical (unpaired) electrons. The number of nitrogens with two attached hydrogens (primary N) is 1. The maximum absolute atomic E-state index is 13.4. The van der Waals surface area contributed by atoms with Crippen LogP contribution in [-0.4, -0.2) is 20.4 Å². The molecule has 0 spiro atoms. The van der Waals surface area contributed by atoms with E-state index in [4.69, 9.17) is 17.3 Å². The van der Waals surface area contributed by atoms with Gasteiger partial charge in [-0.1, -0.05) is 41.9 Å². The zero-order valence-electron chi connectivity index (χ0n) is 16.0. The first-order valence-electron chi connectivity index (χ1n) is 9.24. The highest BCUT2D eigenvalue weighted by Crippen LogP contribution is 2.25. The molecule has 1 atom stereocenters. The minimum absolute atomic E-state index is 0.0294. The average molecular weight is 420 g/mol. The lowest BCUT2D eigenvalue weighted by molar-refractivity contribution is 0.0934. The predicted octanol–water partition coefficient (Wildman–Crippen LogP) is 3.51. The van der Waals surface area contributed by atoms with Crippen molar-refractivity contribution in [1.82, 2.24) is 19.9 Å². The first-order valence-corrected chi connectivity index (χ1v) is 9.62. The molecule has 1 amide bonds. The third kappa shape index (κ3) is 3.51. The molecule has 0 unspecified atom stereocenters. The number of hydrogen-bond donors (Lipinski definition) is 2. The number of fused-ring (bicyclic) bond motifs is 1. The van der Waals surface area contributed by atoms with Crippen LogP contribution in [0.3, 0.4) is 0 Å². The third-order valence-electron chi connectivity index (χ3n) is 4.77. The molecule has 0 aliphatic carbocycles. The topological polar surface area (TPSA) is 103 Å². The van der Waals surface area contributed by atoms with Gasteiger partial charge >= 0.3 is 0 Å². The fourth-order valence-corrected chi connectivity index (χ4v) is 3.63. The quantitative estimate of drug-likeness (QED) is 0.527. The van der Waals surface area contributed by atoms with Crippen molar-refractivity contribution in [1.29, 1.82) is 0 Å². The number of benzene rings is 2. The minimum Gasteiger partial charge on any atom is -0.382 e. The van der Waals surface area contributed by atoms with Crippen molar-refractivity contribution in [2.75, 3.05) is 5.73 Å². The van der Waals surface area contributed by atoms with Crippen molar-refractivity contribution >= 4 is 34.1 Å². The second kappa shape index (κ2) is 7.96. The highest BCUT2D eigenvalue weighted by molar-refractivity contribution is 6.35. The molecule has 0 aliphatic rings. The maximum Gasteiger partial charge on any atom is 0.274 e. The van der Waals surface area contributed by atoms with Crippen LogP contribution in [0, 0.1) is 0 Å². The molecule has 0 bridgehead atoms. The van der Waals surface area contributed by atoms with E-state index in [1.807, 2.05) is 42.5 Å². The molecular formula is C22H18ClN5O2. The van der Waals surface area contributed by atoms with Gasteiger partial charge in [-0.25, -0.2) is 9.97 Å². The number of rotatable bonds is 4. The molecule has 150 valence electrons. The van der Waals surface area contributed by atoms with Gasteiger partial charge in [0.25, 0.3) is 11.5 Å². The molecule has 0 fully saturated rings. The molecule has 4 aromatic rings. The Morgan fingerprint density at radius 2 is 1.83 bits per heavy atom. The number of nitrogens with zero attached hydrogens (tertiary/aromatic N) is 3. The van der Waals surface area contributed by atoms with E-state index in [1.165, 1.54) is 12.4 Å². The van der Waals surface area contributed by atoms with E-state index in [9.17, 15) is 9.59 Å². The van der Waals surface area contributed by atoms with E-state index in [0.29, 0.717) is 27.2 Å². The predicted molar refractivity (Wildman–Crippen MR) is 117 cm³/mol. The van der Waals surface area contributed by atoms with Crippen LogP contribution in [0.2, 0.25) is 5.02 Å². The Morgan fingerprint density at radius 1 is 1.10 bits per heavy atom. The molecule has 2 aromatic carbocycles. The molecule has 30 heavy (non-hydrogen) atoms. The lowest BCUT2D eigenvalue weighted by Crippen LogP contribution is -2.33. The van der Waals surface area contributed by atoms with Gasteiger partial charge in [-0.15, -0.1) is 0 Å². The van der Waals surface area contributed by atoms with E-state index < -0.39 is 11.9 Å². The summed E-state index contributed by atoms with van der Waals surface area (Å²) in [6, 6.07) is 15.8. The van der Waals surface area contributed by atoms with Crippen LogP contribution in [0.15, 0.2) is 71.8 Å². The van der Waals surface area contributed by atoms with Crippen molar-refractivity contribution in [2.45, 2.75) is 13.0 Å². The Kier molecular flexibility index (Phi) is 5.20. The average Bonchev–Trinajstić information content (AvgIpc) is 2.74. The van der Waals surface area contributed by atoms with Crippen LogP contribution >= 0.6 is 11.6 Å². The monoisotopic (exact) mass is 419 g/mol. The minimum atomic E-state index is -0.532. The molecule has 2 heterocycles. The van der Waals surface area contributed by atoms with Gasteiger partial charge in [0.05, 0.1) is 16.5 Å². The normalized spacial score (nSPS) is 11.9. The summed E-state index contributed by atoms with van der Waals surface area (Å²) >= 11 is 6.32. The number of hydrogen-bond acceptors (Lipinski definition) is 5. The molecule has 2 aromatic heterocycles. The number of nitrogen functional groups attached to an aromatic ring is 1. The highest BCUT2D eigenvalue weighted by Gasteiger charge is 2.21. The summed E-state index contributed by atoms with van der Waals surface area (Å²) in [4.78, 5) is 34.0. The number of amides is 1. The van der Waals surface area contributed by atoms with E-state index in [2.05, 4.69) is 15.3 Å². The summed E-state index contributed by atoms with van der Waals surface area (Å²) in [5.74, 6) is -0.445. The van der Waals surface area contributed by atoms with Gasteiger partial charge in [-0.2, -0.15) is 0 Å². The van der Waals surface area contributed by atoms with Crippen LogP contribution in [0.5, 0.6) is 0 Å². The number of nitrogens with one attached hydrogen (secondary N) is 1. The summed E-state index contributed by atoms with van der Waals surface area (Å²) in [5.41, 5.74) is 6.79. The van der Waals surface area contributed by atoms with Crippen molar-refractivity contribution < 1.29 is 4.79 Å². The number of anilines is 1. The number of carbonyl (C=O) groups is 1. The van der Waals surface area contributed by atoms with Crippen LogP contribution < -0.4 is 16.6 Å². The van der Waals surface area contributed by atoms with Gasteiger partial charge in [0, 0.05) is 23.8 Å². The van der Waals surface area contributed by atoms with Gasteiger partial charge in [-0.05, 0) is 36.6 Å². The van der Waals surface area contributed by atoms with Gasteiger partial charge in [0.1, 0.15) is 0 Å². The first-order chi connectivity index (χ1) is 14.5. The summed E-state index contributed by atoms with van der Waals surface area (Å²) in [7, 11) is 0. The maximum atomic E-state index is 13.4. The summed E-state index contributed by atoms with van der Waals surface area (Å²) in [6.07, 6.45) is 2.81. The molecule has 8 heteroatoms. The Hall–Kier alpha value is -3.71. The first kappa shape index (κ1) is 19.6. The van der Waals surface area contributed by atoms with E-state index in [1.54, 1.807) is 23.6 Å². The fourth-order valence-electron chi connectivity index (χ4n) is 3.36. The molecule has 7 nitrogen and oxygen atoms in total. The van der Waals surface area contributed by atoms with Gasteiger partial charge in [0.15, 0.2) is 11.5 Å². The highest BCUT2D eigenvalue weighted by atomic mass is 35.5. The van der Waals surface area contributed by atoms with Crippen molar-refractivity contribution in [3.63, 3.8) is 0 Å². The molecule has 0 saturated carbocycles. The second-order valence-corrected chi connectivity index (χ2v) is 7.14. The Balaban J connectivity index is 1.86. The number of carbonyl (C=O) groups excluding carboxylic acids is 1. The smallest absolute Gasteiger partial charge is 0.274 e. The summed E-state index contributed by atoms with van der Waals surface area (Å²) in [6.45, 7) is 1.79. The number of para-hydroxylation sites is 1. The van der Waals surface area contributed by atoms with Crippen LogP contribution in [0.25, 0.3) is 16.5 Å². The SMILES string of the molecule is C[C@H](NC(=O)c1nccnc1N)c1cc2cccc(Cl)c2c(=O)n1-c1ccccc1. The number of aromatic nitrogens is 3. The van der Waals surface area contributed by atoms with E-state index >= 15 is 0 Å². The summed E-state index contributed by atoms with van der Waals surface area (Å²) < 4.78 is 1.55. The third-order valence-corrected chi connectivity index (χ3v) is 5.09. The van der Waals surface area contributed by atoms with Gasteiger partial charge < -0.3 is 11.1 Å². The molecule has 0 aliphatic heterocycles. The zero-order valence-corrected chi connectivity index (χ0v) is 16.8. The van der Waals surface area contributed by atoms with Gasteiger partial charge in [-0.3, -0.25) is 14.2 Å². The Bertz CT molecular complexity index is 1300. The lowest BCUT2D eigenvalue weighted by Gasteiger charge is -2.21. The van der Waals surface area contributed by atoms with Gasteiger partial charge in [0.2, 0.25) is 0 Å². The zero-order chi connectivity index (χ0) is 21.3.